The van der Waals surface area contributed by atoms with Gasteiger partial charge in [0.2, 0.25) is 0 Å². The van der Waals surface area contributed by atoms with Crippen LogP contribution in [0.2, 0.25) is 0 Å². The molecule has 0 saturated heterocycles. The number of hydrogen-bond acceptors (Lipinski definition) is 6. The number of ether oxygens (including phenoxy) is 3. The fraction of sp³-hybridized carbons (Fsp3) is 0.286. The minimum atomic E-state index is -1.09. The second kappa shape index (κ2) is 9.03. The van der Waals surface area contributed by atoms with Crippen LogP contribution in [0, 0.1) is 13.8 Å². The molecule has 0 aliphatic carbocycles. The molecule has 0 heterocycles. The summed E-state index contributed by atoms with van der Waals surface area (Å²) in [4.78, 5) is 36.5. The Balaban J connectivity index is 2.23. The van der Waals surface area contributed by atoms with Crippen molar-refractivity contribution in [3.63, 3.8) is 0 Å². The van der Waals surface area contributed by atoms with Gasteiger partial charge in [-0.05, 0) is 50.1 Å². The van der Waals surface area contributed by atoms with E-state index in [0.717, 1.165) is 11.1 Å². The van der Waals surface area contributed by atoms with Crippen LogP contribution >= 0.6 is 0 Å². The lowest BCUT2D eigenvalue weighted by Crippen LogP contribution is -2.30. The van der Waals surface area contributed by atoms with E-state index in [1.54, 1.807) is 0 Å². The van der Waals surface area contributed by atoms with Crippen molar-refractivity contribution in [3.8, 4) is 11.5 Å². The van der Waals surface area contributed by atoms with Gasteiger partial charge in [0.25, 0.3) is 5.91 Å². The number of aryl methyl sites for hydroxylation is 2. The first-order valence-electron chi connectivity index (χ1n) is 8.61. The zero-order chi connectivity index (χ0) is 20.8. The third kappa shape index (κ3) is 4.49. The number of benzene rings is 2. The SMILES string of the molecule is COc1ccc(C=O)c(C(=O)O[C@H](C)C(=O)Nc2cc(C)ccc2C)c1OC. The summed E-state index contributed by atoms with van der Waals surface area (Å²) < 4.78 is 15.6. The van der Waals surface area contributed by atoms with Gasteiger partial charge in [0.05, 0.1) is 14.2 Å². The van der Waals surface area contributed by atoms with Gasteiger partial charge in [-0.3, -0.25) is 9.59 Å². The number of nitrogens with one attached hydrogen (secondary N) is 1. The molecular formula is C21H23NO6. The summed E-state index contributed by atoms with van der Waals surface area (Å²) >= 11 is 0. The summed E-state index contributed by atoms with van der Waals surface area (Å²) in [5.74, 6) is -1.01. The zero-order valence-corrected chi connectivity index (χ0v) is 16.5. The smallest absolute Gasteiger partial charge is 0.343 e. The van der Waals surface area contributed by atoms with Crippen LogP contribution in [-0.4, -0.2) is 38.5 Å². The maximum atomic E-state index is 12.7. The van der Waals surface area contributed by atoms with E-state index >= 15 is 0 Å². The highest BCUT2D eigenvalue weighted by Crippen LogP contribution is 2.33. The minimum Gasteiger partial charge on any atom is -0.493 e. The number of methoxy groups -OCH3 is 2. The molecule has 1 atom stereocenters. The van der Waals surface area contributed by atoms with E-state index in [9.17, 15) is 14.4 Å². The fourth-order valence-corrected chi connectivity index (χ4v) is 2.63. The lowest BCUT2D eigenvalue weighted by atomic mass is 10.1. The monoisotopic (exact) mass is 385 g/mol. The van der Waals surface area contributed by atoms with Crippen molar-refractivity contribution in [1.82, 2.24) is 0 Å². The highest BCUT2D eigenvalue weighted by Gasteiger charge is 2.26. The molecule has 28 heavy (non-hydrogen) atoms. The van der Waals surface area contributed by atoms with E-state index < -0.39 is 18.0 Å². The molecule has 0 aliphatic rings. The van der Waals surface area contributed by atoms with E-state index in [-0.39, 0.29) is 22.6 Å². The molecular weight excluding hydrogens is 362 g/mol. The third-order valence-corrected chi connectivity index (χ3v) is 4.21. The van der Waals surface area contributed by atoms with Crippen molar-refractivity contribution < 1.29 is 28.6 Å². The molecule has 1 N–H and O–H groups in total. The van der Waals surface area contributed by atoms with E-state index in [2.05, 4.69) is 5.32 Å². The van der Waals surface area contributed by atoms with Gasteiger partial charge in [-0.15, -0.1) is 0 Å². The largest absolute Gasteiger partial charge is 0.493 e. The van der Waals surface area contributed by atoms with Gasteiger partial charge < -0.3 is 19.5 Å². The average Bonchev–Trinajstić information content (AvgIpc) is 2.69. The van der Waals surface area contributed by atoms with Crippen LogP contribution in [0.15, 0.2) is 30.3 Å². The molecule has 0 saturated carbocycles. The van der Waals surface area contributed by atoms with Gasteiger partial charge in [0.1, 0.15) is 5.56 Å². The lowest BCUT2D eigenvalue weighted by molar-refractivity contribution is -0.123. The van der Waals surface area contributed by atoms with Crippen LogP contribution in [-0.2, 0) is 9.53 Å². The van der Waals surface area contributed by atoms with Crippen molar-refractivity contribution in [1.29, 1.82) is 0 Å². The van der Waals surface area contributed by atoms with Crippen LogP contribution in [0.4, 0.5) is 5.69 Å². The predicted molar refractivity (Wildman–Crippen MR) is 104 cm³/mol. The number of rotatable bonds is 7. The van der Waals surface area contributed by atoms with Crippen LogP contribution in [0.1, 0.15) is 38.8 Å². The number of carbonyl (C=O) groups excluding carboxylic acids is 3. The second-order valence-electron chi connectivity index (χ2n) is 6.24. The third-order valence-electron chi connectivity index (χ3n) is 4.21. The summed E-state index contributed by atoms with van der Waals surface area (Å²) in [7, 11) is 2.76. The van der Waals surface area contributed by atoms with E-state index in [1.165, 1.54) is 33.3 Å². The van der Waals surface area contributed by atoms with Gasteiger partial charge in [-0.25, -0.2) is 4.79 Å². The Bertz CT molecular complexity index is 906. The Labute approximate surface area is 163 Å². The number of aldehydes is 1. The summed E-state index contributed by atoms with van der Waals surface area (Å²) in [6, 6.07) is 8.59. The fourth-order valence-electron chi connectivity index (χ4n) is 2.63. The topological polar surface area (TPSA) is 90.9 Å². The van der Waals surface area contributed by atoms with Crippen LogP contribution in [0.5, 0.6) is 11.5 Å². The minimum absolute atomic E-state index is 0.0687. The van der Waals surface area contributed by atoms with Gasteiger partial charge in [0.15, 0.2) is 23.9 Å². The normalized spacial score (nSPS) is 11.3. The quantitative estimate of drug-likeness (QED) is 0.581. The molecule has 0 aliphatic heterocycles. The van der Waals surface area contributed by atoms with Crippen molar-refractivity contribution >= 4 is 23.9 Å². The molecule has 148 valence electrons. The van der Waals surface area contributed by atoms with Crippen molar-refractivity contribution in [2.75, 3.05) is 19.5 Å². The van der Waals surface area contributed by atoms with Crippen LogP contribution in [0.25, 0.3) is 0 Å². The van der Waals surface area contributed by atoms with Gasteiger partial charge in [-0.1, -0.05) is 12.1 Å². The number of carbonyl (C=O) groups is 3. The maximum Gasteiger partial charge on any atom is 0.343 e. The zero-order valence-electron chi connectivity index (χ0n) is 16.5. The number of hydrogen-bond donors (Lipinski definition) is 1. The Morgan fingerprint density at radius 1 is 1.07 bits per heavy atom. The number of amides is 1. The molecule has 7 heteroatoms. The Hall–Kier alpha value is -3.35. The van der Waals surface area contributed by atoms with Crippen molar-refractivity contribution in [3.05, 3.63) is 52.6 Å². The first-order valence-corrected chi connectivity index (χ1v) is 8.61. The standard InChI is InChI=1S/C21H23NO6/c1-12-6-7-13(2)16(10-12)22-20(24)14(3)28-21(25)18-15(11-23)8-9-17(26-4)19(18)27-5/h6-11,14H,1-5H3,(H,22,24)/t14-/m1/s1. The number of esters is 1. The molecule has 0 unspecified atom stereocenters. The van der Waals surface area contributed by atoms with Crippen LogP contribution in [0.3, 0.4) is 0 Å². The highest BCUT2D eigenvalue weighted by molar-refractivity contribution is 6.03. The molecule has 0 spiro atoms. The Kier molecular flexibility index (Phi) is 6.76. The lowest BCUT2D eigenvalue weighted by Gasteiger charge is -2.17. The first-order chi connectivity index (χ1) is 13.3. The average molecular weight is 385 g/mol. The molecule has 2 rings (SSSR count). The van der Waals surface area contributed by atoms with Gasteiger partial charge in [0, 0.05) is 11.3 Å². The predicted octanol–water partition coefficient (Wildman–Crippen LogP) is 3.32. The Morgan fingerprint density at radius 3 is 2.39 bits per heavy atom. The molecule has 0 aromatic heterocycles. The Morgan fingerprint density at radius 2 is 1.79 bits per heavy atom. The number of anilines is 1. The highest BCUT2D eigenvalue weighted by atomic mass is 16.6. The first kappa shape index (κ1) is 21.0. The van der Waals surface area contributed by atoms with E-state index in [1.807, 2.05) is 32.0 Å². The van der Waals surface area contributed by atoms with Crippen LogP contribution < -0.4 is 14.8 Å². The van der Waals surface area contributed by atoms with E-state index in [4.69, 9.17) is 14.2 Å². The molecule has 0 fully saturated rings. The maximum absolute atomic E-state index is 12.7. The molecule has 2 aromatic rings. The summed E-state index contributed by atoms with van der Waals surface area (Å²) in [5, 5.41) is 2.75. The summed E-state index contributed by atoms with van der Waals surface area (Å²) in [5.41, 5.74) is 2.49. The van der Waals surface area contributed by atoms with E-state index in [0.29, 0.717) is 12.0 Å². The molecule has 0 bridgehead atoms. The second-order valence-corrected chi connectivity index (χ2v) is 6.24. The van der Waals surface area contributed by atoms with Gasteiger partial charge >= 0.3 is 5.97 Å². The molecule has 7 nitrogen and oxygen atoms in total. The summed E-state index contributed by atoms with van der Waals surface area (Å²) in [6.07, 6.45) is -0.581. The molecule has 2 aromatic carbocycles. The van der Waals surface area contributed by atoms with Gasteiger partial charge in [-0.2, -0.15) is 0 Å². The summed E-state index contributed by atoms with van der Waals surface area (Å²) in [6.45, 7) is 5.23. The van der Waals surface area contributed by atoms with Crippen molar-refractivity contribution in [2.45, 2.75) is 26.9 Å². The molecule has 1 amide bonds. The molecule has 0 radical (unpaired) electrons. The van der Waals surface area contributed by atoms with Crippen molar-refractivity contribution in [2.24, 2.45) is 0 Å².